The fraction of sp³-hybridized carbons (Fsp3) is 0.600. The first kappa shape index (κ1) is 14.0. The van der Waals surface area contributed by atoms with E-state index in [1.807, 2.05) is 19.2 Å². The van der Waals surface area contributed by atoms with Crippen LogP contribution >= 0.6 is 0 Å². The molecule has 0 saturated heterocycles. The van der Waals surface area contributed by atoms with Crippen molar-refractivity contribution in [3.05, 3.63) is 29.8 Å². The van der Waals surface area contributed by atoms with Crippen LogP contribution < -0.4 is 10.1 Å². The quantitative estimate of drug-likeness (QED) is 0.857. The van der Waals surface area contributed by atoms with Gasteiger partial charge in [0.2, 0.25) is 0 Å². The van der Waals surface area contributed by atoms with Crippen molar-refractivity contribution >= 4 is 0 Å². The topological polar surface area (TPSA) is 21.3 Å². The minimum Gasteiger partial charge on any atom is -0.491 e. The van der Waals surface area contributed by atoms with Crippen LogP contribution in [0.3, 0.4) is 0 Å². The van der Waals surface area contributed by atoms with Gasteiger partial charge in [-0.05, 0) is 32.4 Å². The van der Waals surface area contributed by atoms with Gasteiger partial charge in [-0.15, -0.1) is 0 Å². The molecule has 0 aliphatic heterocycles. The Balaban J connectivity index is 3.10. The number of ether oxygens (including phenoxy) is 1. The van der Waals surface area contributed by atoms with Crippen molar-refractivity contribution in [2.75, 3.05) is 7.05 Å². The predicted molar refractivity (Wildman–Crippen MR) is 73.5 cm³/mol. The lowest BCUT2D eigenvalue weighted by Crippen LogP contribution is -2.30. The highest BCUT2D eigenvalue weighted by Gasteiger charge is 2.27. The molecule has 17 heavy (non-hydrogen) atoms. The van der Waals surface area contributed by atoms with Crippen LogP contribution in [0.1, 0.15) is 46.2 Å². The zero-order chi connectivity index (χ0) is 13.1. The normalized spacial score (nSPS) is 13.8. The molecule has 0 radical (unpaired) electrons. The standard InChI is InChI=1S/C15H25NO/c1-11(2)17-13-10-8-7-9-12(13)14(16-6)15(3,4)5/h7-11,14,16H,1-6H3. The molecular weight excluding hydrogens is 210 g/mol. The molecule has 0 aromatic heterocycles. The van der Waals surface area contributed by atoms with Crippen LogP contribution in [-0.4, -0.2) is 13.2 Å². The lowest BCUT2D eigenvalue weighted by molar-refractivity contribution is 0.225. The molecule has 2 nitrogen and oxygen atoms in total. The van der Waals surface area contributed by atoms with E-state index in [9.17, 15) is 0 Å². The smallest absolute Gasteiger partial charge is 0.124 e. The zero-order valence-electron chi connectivity index (χ0n) is 11.9. The summed E-state index contributed by atoms with van der Waals surface area (Å²) in [7, 11) is 2.00. The van der Waals surface area contributed by atoms with E-state index in [1.165, 1.54) is 5.56 Å². The molecule has 0 spiro atoms. The van der Waals surface area contributed by atoms with E-state index >= 15 is 0 Å². The van der Waals surface area contributed by atoms with Crippen LogP contribution in [0, 0.1) is 5.41 Å². The number of rotatable bonds is 4. The van der Waals surface area contributed by atoms with Crippen LogP contribution in [0.4, 0.5) is 0 Å². The van der Waals surface area contributed by atoms with E-state index < -0.39 is 0 Å². The van der Waals surface area contributed by atoms with Crippen molar-refractivity contribution < 1.29 is 4.74 Å². The molecule has 0 aliphatic rings. The highest BCUT2D eigenvalue weighted by atomic mass is 16.5. The SMILES string of the molecule is CNC(c1ccccc1OC(C)C)C(C)(C)C. The van der Waals surface area contributed by atoms with Crippen LogP contribution in [0.15, 0.2) is 24.3 Å². The van der Waals surface area contributed by atoms with Crippen LogP contribution in [0.5, 0.6) is 5.75 Å². The van der Waals surface area contributed by atoms with Gasteiger partial charge in [-0.1, -0.05) is 39.0 Å². The molecule has 0 fully saturated rings. The summed E-state index contributed by atoms with van der Waals surface area (Å²) < 4.78 is 5.88. The largest absolute Gasteiger partial charge is 0.491 e. The summed E-state index contributed by atoms with van der Waals surface area (Å²) >= 11 is 0. The molecule has 2 heteroatoms. The number of benzene rings is 1. The van der Waals surface area contributed by atoms with Gasteiger partial charge in [0, 0.05) is 11.6 Å². The Hall–Kier alpha value is -1.02. The molecule has 1 rings (SSSR count). The average Bonchev–Trinajstić information content (AvgIpc) is 2.18. The van der Waals surface area contributed by atoms with Gasteiger partial charge in [0.05, 0.1) is 6.10 Å². The van der Waals surface area contributed by atoms with Crippen LogP contribution in [0.2, 0.25) is 0 Å². The molecule has 0 heterocycles. The molecular formula is C15H25NO. The second-order valence-corrected chi connectivity index (χ2v) is 5.79. The first-order valence-corrected chi connectivity index (χ1v) is 6.29. The van der Waals surface area contributed by atoms with Crippen LogP contribution in [0.25, 0.3) is 0 Å². The van der Waals surface area contributed by atoms with E-state index in [4.69, 9.17) is 4.74 Å². The maximum Gasteiger partial charge on any atom is 0.124 e. The average molecular weight is 235 g/mol. The van der Waals surface area contributed by atoms with E-state index in [0.29, 0.717) is 0 Å². The van der Waals surface area contributed by atoms with Gasteiger partial charge >= 0.3 is 0 Å². The van der Waals surface area contributed by atoms with Gasteiger partial charge in [0.1, 0.15) is 5.75 Å². The number of hydrogen-bond acceptors (Lipinski definition) is 2. The Bertz CT molecular complexity index is 352. The first-order valence-electron chi connectivity index (χ1n) is 6.29. The van der Waals surface area contributed by atoms with Crippen molar-refractivity contribution in [3.63, 3.8) is 0 Å². The third-order valence-electron chi connectivity index (χ3n) is 2.75. The van der Waals surface area contributed by atoms with Gasteiger partial charge < -0.3 is 10.1 Å². The van der Waals surface area contributed by atoms with E-state index in [1.54, 1.807) is 0 Å². The fourth-order valence-electron chi connectivity index (χ4n) is 2.14. The highest BCUT2D eigenvalue weighted by Crippen LogP contribution is 2.37. The molecule has 0 amide bonds. The summed E-state index contributed by atoms with van der Waals surface area (Å²) in [5, 5.41) is 3.39. The van der Waals surface area contributed by atoms with Crippen molar-refractivity contribution in [2.24, 2.45) is 5.41 Å². The summed E-state index contributed by atoms with van der Waals surface area (Å²) in [5.74, 6) is 0.983. The second kappa shape index (κ2) is 5.54. The van der Waals surface area contributed by atoms with Crippen molar-refractivity contribution in [2.45, 2.75) is 46.8 Å². The third-order valence-corrected chi connectivity index (χ3v) is 2.75. The minimum absolute atomic E-state index is 0.158. The third kappa shape index (κ3) is 3.74. The van der Waals surface area contributed by atoms with Gasteiger partial charge in [-0.25, -0.2) is 0 Å². The van der Waals surface area contributed by atoms with Crippen molar-refractivity contribution in [1.82, 2.24) is 5.32 Å². The molecule has 0 saturated carbocycles. The Morgan fingerprint density at radius 2 is 1.71 bits per heavy atom. The van der Waals surface area contributed by atoms with Gasteiger partial charge in [-0.2, -0.15) is 0 Å². The highest BCUT2D eigenvalue weighted by molar-refractivity contribution is 5.37. The fourth-order valence-corrected chi connectivity index (χ4v) is 2.14. The summed E-state index contributed by atoms with van der Waals surface area (Å²) in [5.41, 5.74) is 1.39. The molecule has 96 valence electrons. The monoisotopic (exact) mass is 235 g/mol. The van der Waals surface area contributed by atoms with Crippen LogP contribution in [-0.2, 0) is 0 Å². The van der Waals surface area contributed by atoms with Gasteiger partial charge in [0.15, 0.2) is 0 Å². The first-order chi connectivity index (χ1) is 7.86. The predicted octanol–water partition coefficient (Wildman–Crippen LogP) is 3.78. The summed E-state index contributed by atoms with van der Waals surface area (Å²) in [6.07, 6.45) is 0.202. The molecule has 0 aliphatic carbocycles. The number of hydrogen-bond donors (Lipinski definition) is 1. The zero-order valence-corrected chi connectivity index (χ0v) is 11.9. The Morgan fingerprint density at radius 1 is 1.12 bits per heavy atom. The van der Waals surface area contributed by atoms with E-state index in [0.717, 1.165) is 5.75 Å². The maximum atomic E-state index is 5.88. The lowest BCUT2D eigenvalue weighted by Gasteiger charge is -2.32. The molecule has 1 N–H and O–H groups in total. The summed E-state index contributed by atoms with van der Waals surface area (Å²) in [6, 6.07) is 8.57. The second-order valence-electron chi connectivity index (χ2n) is 5.79. The number of nitrogens with one attached hydrogen (secondary N) is 1. The summed E-state index contributed by atoms with van der Waals surface area (Å²) in [6.45, 7) is 10.8. The Labute approximate surface area is 105 Å². The molecule has 1 aromatic rings. The Kier molecular flexibility index (Phi) is 4.58. The van der Waals surface area contributed by atoms with Crippen molar-refractivity contribution in [1.29, 1.82) is 0 Å². The maximum absolute atomic E-state index is 5.88. The molecule has 1 atom stereocenters. The molecule has 1 unspecified atom stereocenters. The van der Waals surface area contributed by atoms with E-state index in [2.05, 4.69) is 52.1 Å². The molecule has 1 aromatic carbocycles. The van der Waals surface area contributed by atoms with E-state index in [-0.39, 0.29) is 17.6 Å². The number of para-hydroxylation sites is 1. The van der Waals surface area contributed by atoms with Gasteiger partial charge in [-0.3, -0.25) is 0 Å². The van der Waals surface area contributed by atoms with Gasteiger partial charge in [0.25, 0.3) is 0 Å². The summed E-state index contributed by atoms with van der Waals surface area (Å²) in [4.78, 5) is 0. The Morgan fingerprint density at radius 3 is 2.18 bits per heavy atom. The van der Waals surface area contributed by atoms with Crippen molar-refractivity contribution in [3.8, 4) is 5.75 Å². The lowest BCUT2D eigenvalue weighted by atomic mass is 9.82. The minimum atomic E-state index is 0.158. The molecule has 0 bridgehead atoms.